The molecule has 1 rings (SSSR count). The van der Waals surface area contributed by atoms with E-state index in [-0.39, 0.29) is 6.09 Å². The summed E-state index contributed by atoms with van der Waals surface area (Å²) in [6.45, 7) is 10.7. The molecule has 0 aliphatic carbocycles. The molecule has 1 aliphatic rings. The second kappa shape index (κ2) is 9.29. The topological polar surface area (TPSA) is 41.6 Å². The summed E-state index contributed by atoms with van der Waals surface area (Å²) < 4.78 is 5.45. The Bertz CT molecular complexity index is 300. The van der Waals surface area contributed by atoms with Gasteiger partial charge in [-0.3, -0.25) is 0 Å². The minimum absolute atomic E-state index is 0.169. The second-order valence-electron chi connectivity index (χ2n) is 7.13. The van der Waals surface area contributed by atoms with Crippen LogP contribution in [-0.2, 0) is 4.74 Å². The molecule has 0 spiro atoms. The first kappa shape index (κ1) is 18.3. The van der Waals surface area contributed by atoms with Gasteiger partial charge in [-0.1, -0.05) is 32.6 Å². The van der Waals surface area contributed by atoms with Crippen LogP contribution in [0.2, 0.25) is 0 Å². The molecule has 0 aromatic carbocycles. The second-order valence-corrected chi connectivity index (χ2v) is 7.13. The van der Waals surface area contributed by atoms with Crippen LogP contribution >= 0.6 is 0 Å². The van der Waals surface area contributed by atoms with E-state index in [1.165, 1.54) is 32.1 Å². The van der Waals surface area contributed by atoms with Gasteiger partial charge in [-0.15, -0.1) is 0 Å². The molecule has 1 unspecified atom stereocenters. The molecule has 21 heavy (non-hydrogen) atoms. The van der Waals surface area contributed by atoms with E-state index in [1.54, 1.807) is 0 Å². The third-order valence-electron chi connectivity index (χ3n) is 3.79. The highest BCUT2D eigenvalue weighted by atomic mass is 16.6. The Labute approximate surface area is 130 Å². The maximum atomic E-state index is 12.1. The van der Waals surface area contributed by atoms with Gasteiger partial charge < -0.3 is 15.0 Å². The van der Waals surface area contributed by atoms with Gasteiger partial charge in [0.2, 0.25) is 0 Å². The molecule has 4 heteroatoms. The van der Waals surface area contributed by atoms with E-state index in [2.05, 4.69) is 12.2 Å². The van der Waals surface area contributed by atoms with E-state index in [0.29, 0.717) is 6.04 Å². The monoisotopic (exact) mass is 298 g/mol. The third-order valence-corrected chi connectivity index (χ3v) is 3.79. The molecular weight excluding hydrogens is 264 g/mol. The molecule has 0 radical (unpaired) electrons. The van der Waals surface area contributed by atoms with Crippen LogP contribution in [-0.4, -0.2) is 42.3 Å². The lowest BCUT2D eigenvalue weighted by Crippen LogP contribution is -2.49. The third kappa shape index (κ3) is 8.30. The van der Waals surface area contributed by atoms with Crippen molar-refractivity contribution in [3.63, 3.8) is 0 Å². The number of rotatable bonds is 7. The van der Waals surface area contributed by atoms with Gasteiger partial charge in [-0.05, 0) is 46.6 Å². The van der Waals surface area contributed by atoms with Crippen molar-refractivity contribution in [2.24, 2.45) is 0 Å². The summed E-state index contributed by atoms with van der Waals surface area (Å²) in [5, 5.41) is 3.60. The fraction of sp³-hybridized carbons (Fsp3) is 0.941. The van der Waals surface area contributed by atoms with Crippen LogP contribution in [0.3, 0.4) is 0 Å². The molecule has 0 saturated carbocycles. The van der Waals surface area contributed by atoms with Gasteiger partial charge in [0.25, 0.3) is 0 Å². The standard InChI is InChI=1S/C17H34N2O2/c1-5-6-7-8-9-12-18-15-11-10-13-19(14-15)16(20)21-17(2,3)4/h15,18H,5-14H2,1-4H3. The quantitative estimate of drug-likeness (QED) is 0.724. The Balaban J connectivity index is 2.21. The Morgan fingerprint density at radius 1 is 1.24 bits per heavy atom. The average Bonchev–Trinajstić information content (AvgIpc) is 2.41. The van der Waals surface area contributed by atoms with Crippen LogP contribution in [0.15, 0.2) is 0 Å². The van der Waals surface area contributed by atoms with Crippen LogP contribution in [0.4, 0.5) is 4.79 Å². The number of carbonyl (C=O) groups excluding carboxylic acids is 1. The van der Waals surface area contributed by atoms with Gasteiger partial charge in [0, 0.05) is 19.1 Å². The van der Waals surface area contributed by atoms with Gasteiger partial charge in [0.15, 0.2) is 0 Å². The predicted octanol–water partition coefficient (Wildman–Crippen LogP) is 3.95. The van der Waals surface area contributed by atoms with Crippen LogP contribution in [0.1, 0.15) is 72.6 Å². The fourth-order valence-corrected chi connectivity index (χ4v) is 2.67. The zero-order valence-electron chi connectivity index (χ0n) is 14.4. The normalized spacial score (nSPS) is 19.6. The molecule has 124 valence electrons. The SMILES string of the molecule is CCCCCCCNC1CCCN(C(=O)OC(C)(C)C)C1. The lowest BCUT2D eigenvalue weighted by atomic mass is 10.1. The van der Waals surface area contributed by atoms with Crippen molar-refractivity contribution < 1.29 is 9.53 Å². The highest BCUT2D eigenvalue weighted by molar-refractivity contribution is 5.68. The number of carbonyl (C=O) groups is 1. The molecule has 1 heterocycles. The Kier molecular flexibility index (Phi) is 8.09. The van der Waals surface area contributed by atoms with Crippen molar-refractivity contribution in [1.82, 2.24) is 10.2 Å². The first-order chi connectivity index (χ1) is 9.92. The van der Waals surface area contributed by atoms with Crippen molar-refractivity contribution in [1.29, 1.82) is 0 Å². The lowest BCUT2D eigenvalue weighted by molar-refractivity contribution is 0.0187. The summed E-state index contributed by atoms with van der Waals surface area (Å²) in [7, 11) is 0. The summed E-state index contributed by atoms with van der Waals surface area (Å²) >= 11 is 0. The fourth-order valence-electron chi connectivity index (χ4n) is 2.67. The molecule has 1 atom stereocenters. The smallest absolute Gasteiger partial charge is 0.410 e. The molecule has 0 bridgehead atoms. The maximum absolute atomic E-state index is 12.1. The first-order valence-corrected chi connectivity index (χ1v) is 8.63. The number of hydrogen-bond acceptors (Lipinski definition) is 3. The van der Waals surface area contributed by atoms with Gasteiger partial charge in [0.1, 0.15) is 5.60 Å². The minimum atomic E-state index is -0.406. The summed E-state index contributed by atoms with van der Waals surface area (Å²) in [5.41, 5.74) is -0.406. The molecule has 1 saturated heterocycles. The zero-order chi connectivity index (χ0) is 15.7. The summed E-state index contributed by atoms with van der Waals surface area (Å²) in [5.74, 6) is 0. The van der Waals surface area contributed by atoms with E-state index in [0.717, 1.165) is 32.5 Å². The van der Waals surface area contributed by atoms with E-state index >= 15 is 0 Å². The van der Waals surface area contributed by atoms with Gasteiger partial charge in [-0.25, -0.2) is 4.79 Å². The van der Waals surface area contributed by atoms with Crippen LogP contribution in [0, 0.1) is 0 Å². The number of ether oxygens (including phenoxy) is 1. The first-order valence-electron chi connectivity index (χ1n) is 8.63. The average molecular weight is 298 g/mol. The van der Waals surface area contributed by atoms with Gasteiger partial charge in [-0.2, -0.15) is 0 Å². The minimum Gasteiger partial charge on any atom is -0.444 e. The summed E-state index contributed by atoms with van der Waals surface area (Å²) in [6, 6.07) is 0.428. The molecule has 1 aliphatic heterocycles. The van der Waals surface area contributed by atoms with Gasteiger partial charge in [0.05, 0.1) is 0 Å². The van der Waals surface area contributed by atoms with Crippen molar-refractivity contribution in [2.45, 2.75) is 84.3 Å². The molecule has 0 aromatic rings. The maximum Gasteiger partial charge on any atom is 0.410 e. The Morgan fingerprint density at radius 3 is 2.62 bits per heavy atom. The van der Waals surface area contributed by atoms with E-state index in [9.17, 15) is 4.79 Å². The van der Waals surface area contributed by atoms with Crippen LogP contribution in [0.5, 0.6) is 0 Å². The number of hydrogen-bond donors (Lipinski definition) is 1. The lowest BCUT2D eigenvalue weighted by Gasteiger charge is -2.34. The summed E-state index contributed by atoms with van der Waals surface area (Å²) in [4.78, 5) is 13.9. The van der Waals surface area contributed by atoms with Gasteiger partial charge >= 0.3 is 6.09 Å². The number of piperidine rings is 1. The van der Waals surface area contributed by atoms with E-state index < -0.39 is 5.60 Å². The Morgan fingerprint density at radius 2 is 1.95 bits per heavy atom. The number of amides is 1. The number of nitrogens with zero attached hydrogens (tertiary/aromatic N) is 1. The number of unbranched alkanes of at least 4 members (excludes halogenated alkanes) is 4. The van der Waals surface area contributed by atoms with E-state index in [4.69, 9.17) is 4.74 Å². The molecule has 0 aromatic heterocycles. The number of likely N-dealkylation sites (tertiary alicyclic amines) is 1. The predicted molar refractivity (Wildman–Crippen MR) is 87.6 cm³/mol. The van der Waals surface area contributed by atoms with Crippen molar-refractivity contribution in [2.75, 3.05) is 19.6 Å². The molecule has 4 nitrogen and oxygen atoms in total. The largest absolute Gasteiger partial charge is 0.444 e. The van der Waals surface area contributed by atoms with Crippen molar-refractivity contribution >= 4 is 6.09 Å². The highest BCUT2D eigenvalue weighted by Crippen LogP contribution is 2.15. The van der Waals surface area contributed by atoms with Crippen LogP contribution in [0.25, 0.3) is 0 Å². The molecule has 1 amide bonds. The van der Waals surface area contributed by atoms with E-state index in [1.807, 2.05) is 25.7 Å². The highest BCUT2D eigenvalue weighted by Gasteiger charge is 2.27. The van der Waals surface area contributed by atoms with Crippen molar-refractivity contribution in [3.8, 4) is 0 Å². The van der Waals surface area contributed by atoms with Crippen LogP contribution < -0.4 is 5.32 Å². The molecule has 1 N–H and O–H groups in total. The summed E-state index contributed by atoms with van der Waals surface area (Å²) in [6.07, 6.45) is 8.58. The number of nitrogens with one attached hydrogen (secondary N) is 1. The van der Waals surface area contributed by atoms with Crippen molar-refractivity contribution in [3.05, 3.63) is 0 Å². The zero-order valence-corrected chi connectivity index (χ0v) is 14.4. The Hall–Kier alpha value is -0.770. The molecular formula is C17H34N2O2. The molecule has 1 fully saturated rings.